The highest BCUT2D eigenvalue weighted by molar-refractivity contribution is 7.71. The first kappa shape index (κ1) is 22.6. The van der Waals surface area contributed by atoms with Crippen molar-refractivity contribution in [2.45, 2.75) is 17.9 Å². The second kappa shape index (κ2) is 7.50. The number of aromatic nitrogens is 3. The number of alkyl halides is 6. The van der Waals surface area contributed by atoms with E-state index >= 15 is 0 Å². The molecule has 0 fully saturated rings. The molecule has 1 aliphatic rings. The third kappa shape index (κ3) is 3.50. The van der Waals surface area contributed by atoms with Gasteiger partial charge >= 0.3 is 12.4 Å². The van der Waals surface area contributed by atoms with Gasteiger partial charge in [0.15, 0.2) is 4.77 Å². The van der Waals surface area contributed by atoms with Crippen molar-refractivity contribution >= 4 is 23.9 Å². The molecule has 0 spiro atoms. The predicted molar refractivity (Wildman–Crippen MR) is 105 cm³/mol. The van der Waals surface area contributed by atoms with E-state index in [2.05, 4.69) is 15.3 Å². The summed E-state index contributed by atoms with van der Waals surface area (Å²) in [6.45, 7) is 0. The molecule has 0 radical (unpaired) electrons. The number of hydrogen-bond donors (Lipinski definition) is 2. The molecular weight excluding hydrogens is 479 g/mol. The molecule has 0 bridgehead atoms. The van der Waals surface area contributed by atoms with Gasteiger partial charge < -0.3 is 5.32 Å². The van der Waals surface area contributed by atoms with Crippen LogP contribution in [0.1, 0.15) is 11.1 Å². The van der Waals surface area contributed by atoms with Gasteiger partial charge in [-0.25, -0.2) is 9.38 Å². The molecule has 6 nitrogen and oxygen atoms in total. The minimum absolute atomic E-state index is 0.105. The van der Waals surface area contributed by atoms with E-state index in [1.165, 1.54) is 18.3 Å². The molecule has 0 aliphatic carbocycles. The maximum absolute atomic E-state index is 14.2. The van der Waals surface area contributed by atoms with E-state index in [1.807, 2.05) is 4.98 Å². The molecule has 3 heterocycles. The summed E-state index contributed by atoms with van der Waals surface area (Å²) < 4.78 is 98.9. The second-order valence-corrected chi connectivity index (χ2v) is 7.21. The van der Waals surface area contributed by atoms with E-state index in [-0.39, 0.29) is 11.3 Å². The number of halogens is 7. The maximum atomic E-state index is 14.2. The standard InChI is InChI=1S/C19H10F7N5OS/c20-10-3-5-11(6-4-10)31-14-12(15(32)29-16(31)33)17(18(21,22)23,19(24,25)26)30-13(28-14)9-2-1-7-27-8-9/h1-8H,(H,28,30)(H,29,32,33). The van der Waals surface area contributed by atoms with Crippen LogP contribution in [0.25, 0.3) is 5.69 Å². The lowest BCUT2D eigenvalue weighted by Crippen LogP contribution is -2.58. The van der Waals surface area contributed by atoms with Gasteiger partial charge in [0, 0.05) is 23.6 Å². The summed E-state index contributed by atoms with van der Waals surface area (Å²) in [5.74, 6) is -2.48. The third-order valence-corrected chi connectivity index (χ3v) is 5.11. The predicted octanol–water partition coefficient (Wildman–Crippen LogP) is 4.62. The average molecular weight is 489 g/mol. The molecule has 4 rings (SSSR count). The van der Waals surface area contributed by atoms with Crippen molar-refractivity contribution in [3.05, 3.63) is 80.9 Å². The van der Waals surface area contributed by atoms with Crippen molar-refractivity contribution in [3.8, 4) is 5.69 Å². The van der Waals surface area contributed by atoms with E-state index in [1.54, 1.807) is 0 Å². The van der Waals surface area contributed by atoms with Crippen molar-refractivity contribution in [3.63, 3.8) is 0 Å². The van der Waals surface area contributed by atoms with Crippen LogP contribution < -0.4 is 10.9 Å². The van der Waals surface area contributed by atoms with Crippen LogP contribution in [0.15, 0.2) is 58.6 Å². The molecule has 1 aromatic carbocycles. The first-order chi connectivity index (χ1) is 15.4. The Hall–Kier alpha value is -3.55. The molecule has 172 valence electrons. The van der Waals surface area contributed by atoms with Gasteiger partial charge in [0.05, 0.1) is 0 Å². The Balaban J connectivity index is 2.18. The fourth-order valence-corrected chi connectivity index (χ4v) is 3.69. The number of hydrogen-bond acceptors (Lipinski definition) is 5. The largest absolute Gasteiger partial charge is 0.427 e. The molecule has 14 heteroatoms. The van der Waals surface area contributed by atoms with E-state index in [4.69, 9.17) is 12.2 Å². The number of pyridine rings is 1. The molecular formula is C19H10F7N5OS. The number of rotatable bonds is 2. The number of aromatic amines is 1. The topological polar surface area (TPSA) is 75.1 Å². The molecule has 0 amide bonds. The zero-order valence-electron chi connectivity index (χ0n) is 15.9. The highest BCUT2D eigenvalue weighted by atomic mass is 32.1. The Morgan fingerprint density at radius 2 is 1.64 bits per heavy atom. The zero-order valence-corrected chi connectivity index (χ0v) is 16.7. The smallest absolute Gasteiger partial charge is 0.325 e. The summed E-state index contributed by atoms with van der Waals surface area (Å²) in [6, 6.07) is 6.46. The summed E-state index contributed by atoms with van der Waals surface area (Å²) in [4.78, 5) is 21.1. The van der Waals surface area contributed by atoms with Gasteiger partial charge in [0.2, 0.25) is 0 Å². The molecule has 1 aliphatic heterocycles. The van der Waals surface area contributed by atoms with Gasteiger partial charge in [-0.3, -0.25) is 19.3 Å². The summed E-state index contributed by atoms with van der Waals surface area (Å²) in [6.07, 6.45) is -9.90. The fourth-order valence-electron chi connectivity index (χ4n) is 3.40. The summed E-state index contributed by atoms with van der Waals surface area (Å²) in [5, 5.41) is 2.37. The number of nitrogens with one attached hydrogen (secondary N) is 2. The van der Waals surface area contributed by atoms with Crippen molar-refractivity contribution in [2.24, 2.45) is 4.99 Å². The average Bonchev–Trinajstić information content (AvgIpc) is 2.73. The summed E-state index contributed by atoms with van der Waals surface area (Å²) >= 11 is 5.02. The van der Waals surface area contributed by atoms with Crippen LogP contribution in [0.2, 0.25) is 0 Å². The number of amidine groups is 1. The van der Waals surface area contributed by atoms with E-state index in [0.29, 0.717) is 0 Å². The van der Waals surface area contributed by atoms with Crippen molar-refractivity contribution < 1.29 is 30.7 Å². The van der Waals surface area contributed by atoms with Crippen LogP contribution in [0.4, 0.5) is 36.6 Å². The molecule has 0 unspecified atom stereocenters. The van der Waals surface area contributed by atoms with Gasteiger partial charge in [0.25, 0.3) is 11.1 Å². The lowest BCUT2D eigenvalue weighted by molar-refractivity contribution is -0.301. The molecule has 2 aromatic heterocycles. The number of anilines is 1. The van der Waals surface area contributed by atoms with Crippen molar-refractivity contribution in [2.75, 3.05) is 5.32 Å². The minimum Gasteiger partial charge on any atom is -0.325 e. The van der Waals surface area contributed by atoms with Crippen LogP contribution in [0, 0.1) is 10.6 Å². The quantitative estimate of drug-likeness (QED) is 0.407. The van der Waals surface area contributed by atoms with Gasteiger partial charge in [-0.2, -0.15) is 26.3 Å². The Morgan fingerprint density at radius 3 is 2.18 bits per heavy atom. The van der Waals surface area contributed by atoms with Crippen LogP contribution in [-0.4, -0.2) is 32.7 Å². The maximum Gasteiger partial charge on any atom is 0.427 e. The molecule has 33 heavy (non-hydrogen) atoms. The number of H-pyrrole nitrogens is 1. The molecule has 3 aromatic rings. The van der Waals surface area contributed by atoms with Crippen molar-refractivity contribution in [1.29, 1.82) is 0 Å². The number of nitrogens with zero attached hydrogens (tertiary/aromatic N) is 3. The van der Waals surface area contributed by atoms with Gasteiger partial charge in [0.1, 0.15) is 23.0 Å². The zero-order chi connectivity index (χ0) is 24.2. The van der Waals surface area contributed by atoms with Crippen LogP contribution in [-0.2, 0) is 5.54 Å². The Labute approximate surface area is 184 Å². The monoisotopic (exact) mass is 489 g/mol. The van der Waals surface area contributed by atoms with E-state index in [0.717, 1.165) is 35.0 Å². The summed E-state index contributed by atoms with van der Waals surface area (Å²) in [5.41, 5.74) is -8.73. The normalized spacial score (nSPS) is 15.4. The minimum atomic E-state index is -6.08. The lowest BCUT2D eigenvalue weighted by Gasteiger charge is -2.38. The number of benzene rings is 1. The Kier molecular flexibility index (Phi) is 5.15. The molecule has 2 N–H and O–H groups in total. The fraction of sp³-hybridized carbons (Fsp3) is 0.158. The highest BCUT2D eigenvalue weighted by Crippen LogP contribution is 2.55. The van der Waals surface area contributed by atoms with Crippen LogP contribution >= 0.6 is 12.2 Å². The van der Waals surface area contributed by atoms with E-state index < -0.39 is 51.3 Å². The first-order valence-electron chi connectivity index (χ1n) is 8.93. The Morgan fingerprint density at radius 1 is 1.00 bits per heavy atom. The molecule has 0 saturated carbocycles. The molecule has 0 saturated heterocycles. The Bertz CT molecular complexity index is 1340. The first-order valence-corrected chi connectivity index (χ1v) is 9.34. The second-order valence-electron chi connectivity index (χ2n) is 6.83. The van der Waals surface area contributed by atoms with Crippen LogP contribution in [0.3, 0.4) is 0 Å². The van der Waals surface area contributed by atoms with Crippen LogP contribution in [0.5, 0.6) is 0 Å². The van der Waals surface area contributed by atoms with Gasteiger partial charge in [-0.1, -0.05) is 0 Å². The lowest BCUT2D eigenvalue weighted by atomic mass is 9.87. The number of aliphatic imine (C=N–C) groups is 1. The highest BCUT2D eigenvalue weighted by Gasteiger charge is 2.75. The SMILES string of the molecule is O=c1[nH]c(=S)n(-c2ccc(F)cc2)c2c1C(C(F)(F)F)(C(F)(F)F)N=C(c1cccnc1)N2. The summed E-state index contributed by atoms with van der Waals surface area (Å²) in [7, 11) is 0. The number of fused-ring (bicyclic) bond motifs is 1. The third-order valence-electron chi connectivity index (χ3n) is 4.83. The van der Waals surface area contributed by atoms with E-state index in [9.17, 15) is 35.5 Å². The molecule has 0 atom stereocenters. The van der Waals surface area contributed by atoms with Crippen molar-refractivity contribution in [1.82, 2.24) is 14.5 Å². The van der Waals surface area contributed by atoms with Gasteiger partial charge in [-0.15, -0.1) is 0 Å². The van der Waals surface area contributed by atoms with Gasteiger partial charge in [-0.05, 0) is 48.6 Å².